The van der Waals surface area contributed by atoms with E-state index < -0.39 is 21.3 Å². The van der Waals surface area contributed by atoms with E-state index in [0.29, 0.717) is 3.63 Å². The number of halogens is 2. The van der Waals surface area contributed by atoms with Crippen LogP contribution in [0.25, 0.3) is 32.7 Å². The topological polar surface area (TPSA) is 0 Å². The van der Waals surface area contributed by atoms with Gasteiger partial charge in [-0.15, -0.1) is 0 Å². The molecule has 0 aliphatic heterocycles. The Labute approximate surface area is 327 Å². The van der Waals surface area contributed by atoms with Crippen molar-refractivity contribution in [2.45, 2.75) is 73.5 Å². The molecule has 0 aromatic heterocycles. The van der Waals surface area contributed by atoms with Gasteiger partial charge in [-0.05, 0) is 0 Å². The van der Waals surface area contributed by atoms with Crippen LogP contribution in [0.5, 0.6) is 0 Å². The zero-order chi connectivity index (χ0) is 36.7. The zero-order valence-corrected chi connectivity index (χ0v) is 35.4. The number of hydrogen-bond donors (Lipinski definition) is 0. The molecule has 0 N–H and O–H groups in total. The van der Waals surface area contributed by atoms with E-state index in [1.807, 2.05) is 0 Å². The maximum absolute atomic E-state index is 7.11. The minimum absolute atomic E-state index is 0.0319. The standard InChI is InChI=1S/C23H29.C21H12Cl2.C5H5.Zr/c1-14-9-16-11-17-10-15(2)21(23(6,7)8)13-19(17)18(16)12-20(14)22(3,4)5;22-18-10-14-5-1-3-7-20(14)16(12-18)9-17-13-19(23)11-15-6-2-4-8-21(15)17;1-2-4-5-3-1;/h9-13H,1-8H3;1-8,10-13H;1-5H;. The van der Waals surface area contributed by atoms with E-state index in [-0.39, 0.29) is 14.5 Å². The molecule has 0 spiro atoms. The molecule has 0 unspecified atom stereocenters. The first-order valence-electron chi connectivity index (χ1n) is 18.5. The molecule has 0 heterocycles. The molecule has 0 saturated heterocycles. The van der Waals surface area contributed by atoms with Gasteiger partial charge in [0, 0.05) is 0 Å². The fourth-order valence-electron chi connectivity index (χ4n) is 9.08. The van der Waals surface area contributed by atoms with E-state index in [4.69, 9.17) is 23.2 Å². The van der Waals surface area contributed by atoms with Gasteiger partial charge in [0.15, 0.2) is 0 Å². The van der Waals surface area contributed by atoms with Crippen LogP contribution in [0.4, 0.5) is 0 Å². The minimum atomic E-state index is -3.08. The Morgan fingerprint density at radius 3 is 1.40 bits per heavy atom. The summed E-state index contributed by atoms with van der Waals surface area (Å²) < 4.78 is 2.08. The molecule has 2 aliphatic carbocycles. The normalized spacial score (nSPS) is 14.4. The van der Waals surface area contributed by atoms with Gasteiger partial charge in [-0.3, -0.25) is 0 Å². The summed E-state index contributed by atoms with van der Waals surface area (Å²) in [6, 6.07) is 36.5. The van der Waals surface area contributed by atoms with Crippen LogP contribution >= 0.6 is 23.2 Å². The van der Waals surface area contributed by atoms with Gasteiger partial charge in [0.1, 0.15) is 0 Å². The molecule has 3 heteroatoms. The first kappa shape index (κ1) is 35.7. The van der Waals surface area contributed by atoms with Crippen LogP contribution in [-0.2, 0) is 32.1 Å². The van der Waals surface area contributed by atoms with E-state index in [1.165, 1.54) is 69.6 Å². The summed E-state index contributed by atoms with van der Waals surface area (Å²) in [6.45, 7) is 18.7. The van der Waals surface area contributed by atoms with Crippen molar-refractivity contribution in [3.8, 4) is 11.1 Å². The quantitative estimate of drug-likeness (QED) is 0.167. The third kappa shape index (κ3) is 6.16. The molecule has 6 aromatic carbocycles. The Morgan fingerprint density at radius 1 is 0.558 bits per heavy atom. The van der Waals surface area contributed by atoms with Crippen LogP contribution in [-0.4, -0.2) is 3.21 Å². The number of aryl methyl sites for hydroxylation is 2. The van der Waals surface area contributed by atoms with Gasteiger partial charge < -0.3 is 0 Å². The van der Waals surface area contributed by atoms with E-state index in [9.17, 15) is 0 Å². The molecule has 0 atom stereocenters. The predicted octanol–water partition coefficient (Wildman–Crippen LogP) is 14.4. The van der Waals surface area contributed by atoms with E-state index in [2.05, 4.69) is 177 Å². The van der Waals surface area contributed by atoms with Crippen molar-refractivity contribution >= 4 is 48.0 Å². The van der Waals surface area contributed by atoms with E-state index >= 15 is 0 Å². The summed E-state index contributed by atoms with van der Waals surface area (Å²) in [7, 11) is 0. The van der Waals surface area contributed by atoms with Crippen LogP contribution in [0.1, 0.15) is 89.7 Å². The molecule has 0 nitrogen and oxygen atoms in total. The van der Waals surface area contributed by atoms with Crippen molar-refractivity contribution in [2.75, 3.05) is 0 Å². The Morgan fingerprint density at radius 2 is 0.981 bits per heavy atom. The number of fused-ring (bicyclic) bond motifs is 5. The molecule has 0 amide bonds. The maximum atomic E-state index is 7.11. The van der Waals surface area contributed by atoms with Crippen molar-refractivity contribution in [2.24, 2.45) is 0 Å². The van der Waals surface area contributed by atoms with E-state index in [0.717, 1.165) is 20.8 Å². The first-order valence-corrected chi connectivity index (χ1v) is 23.3. The predicted molar refractivity (Wildman–Crippen MR) is 224 cm³/mol. The molecule has 0 fully saturated rings. The summed E-state index contributed by atoms with van der Waals surface area (Å²) in [5.41, 5.74) is 14.0. The fourth-order valence-corrected chi connectivity index (χ4v) is 18.9. The summed E-state index contributed by atoms with van der Waals surface area (Å²) in [5.74, 6) is 0. The molecular weight excluding hydrogens is 751 g/mol. The van der Waals surface area contributed by atoms with Crippen molar-refractivity contribution < 1.29 is 21.3 Å². The number of allylic oxidation sites excluding steroid dienone is 4. The summed E-state index contributed by atoms with van der Waals surface area (Å²) in [5, 5.41) is 6.34. The van der Waals surface area contributed by atoms with Gasteiger partial charge in [-0.1, -0.05) is 0 Å². The van der Waals surface area contributed by atoms with Crippen molar-refractivity contribution in [3.63, 3.8) is 0 Å². The number of benzene rings is 6. The molecule has 0 bridgehead atoms. The van der Waals surface area contributed by atoms with Crippen molar-refractivity contribution in [3.05, 3.63) is 176 Å². The monoisotopic (exact) mass is 794 g/mol. The van der Waals surface area contributed by atoms with Crippen molar-refractivity contribution in [1.29, 1.82) is 0 Å². The second-order valence-corrected chi connectivity index (χ2v) is 24.3. The SMILES string of the molecule is Cc1cc2c(cc1C(C)(C)C)-c1cc(C(C)(C)C)c(C)cc1[CH]2[Zr](=[C](c1cc(Cl)cc2ccccc12)c1cc(Cl)cc2ccccc12)[CH]1C=CC=C1. The van der Waals surface area contributed by atoms with Gasteiger partial charge in [0.05, 0.1) is 0 Å². The average molecular weight is 797 g/mol. The number of rotatable bonds is 4. The molecule has 52 heavy (non-hydrogen) atoms. The molecular formula is C49H46Cl2Zr. The third-order valence-electron chi connectivity index (χ3n) is 11.2. The molecule has 0 radical (unpaired) electrons. The summed E-state index contributed by atoms with van der Waals surface area (Å²) in [6.07, 6.45) is 9.51. The van der Waals surface area contributed by atoms with Crippen LogP contribution in [0, 0.1) is 13.8 Å². The molecule has 8 rings (SSSR count). The van der Waals surface area contributed by atoms with Gasteiger partial charge in [-0.2, -0.15) is 0 Å². The van der Waals surface area contributed by atoms with E-state index in [1.54, 1.807) is 0 Å². The zero-order valence-electron chi connectivity index (χ0n) is 31.5. The van der Waals surface area contributed by atoms with Gasteiger partial charge in [0.25, 0.3) is 0 Å². The van der Waals surface area contributed by atoms with Crippen LogP contribution < -0.4 is 0 Å². The molecule has 260 valence electrons. The number of hydrogen-bond acceptors (Lipinski definition) is 0. The van der Waals surface area contributed by atoms with Gasteiger partial charge in [0.2, 0.25) is 0 Å². The summed E-state index contributed by atoms with van der Waals surface area (Å²) >= 11 is 11.1. The third-order valence-corrected chi connectivity index (χ3v) is 20.2. The Hall–Kier alpha value is -3.35. The fraction of sp³-hybridized carbons (Fsp3) is 0.245. The molecule has 2 aliphatic rings. The Bertz CT molecular complexity index is 2360. The average Bonchev–Trinajstić information content (AvgIpc) is 3.71. The second kappa shape index (κ2) is 13.2. The van der Waals surface area contributed by atoms with Gasteiger partial charge in [-0.25, -0.2) is 0 Å². The Balaban J connectivity index is 1.60. The Kier molecular flexibility index (Phi) is 9.05. The molecule has 6 aromatic rings. The van der Waals surface area contributed by atoms with Crippen LogP contribution in [0.3, 0.4) is 0 Å². The second-order valence-electron chi connectivity index (χ2n) is 16.9. The van der Waals surface area contributed by atoms with Crippen molar-refractivity contribution in [1.82, 2.24) is 0 Å². The van der Waals surface area contributed by atoms with Gasteiger partial charge >= 0.3 is 330 Å². The summed E-state index contributed by atoms with van der Waals surface area (Å²) in [4.78, 5) is 0. The van der Waals surface area contributed by atoms with Crippen LogP contribution in [0.15, 0.2) is 121 Å². The first-order chi connectivity index (χ1) is 24.7. The van der Waals surface area contributed by atoms with Crippen LogP contribution in [0.2, 0.25) is 13.7 Å². The molecule has 0 saturated carbocycles.